The largest absolute Gasteiger partial charge is 0.504 e. The first-order chi connectivity index (χ1) is 5.77. The third-order valence-corrected chi connectivity index (χ3v) is 1.56. The van der Waals surface area contributed by atoms with Gasteiger partial charge in [0.25, 0.3) is 0 Å². The Morgan fingerprint density at radius 3 is 2.75 bits per heavy atom. The van der Waals surface area contributed by atoms with Gasteiger partial charge in [0.2, 0.25) is 0 Å². The van der Waals surface area contributed by atoms with Crippen LogP contribution in [0.3, 0.4) is 0 Å². The maximum Gasteiger partial charge on any atom is 0.160 e. The smallest absolute Gasteiger partial charge is 0.160 e. The predicted octanol–water partition coefficient (Wildman–Crippen LogP) is 1.25. The first-order valence-corrected chi connectivity index (χ1v) is 3.92. The van der Waals surface area contributed by atoms with Crippen molar-refractivity contribution >= 4 is 0 Å². The van der Waals surface area contributed by atoms with Crippen LogP contribution in [0.1, 0.15) is 12.5 Å². The Labute approximate surface area is 71.8 Å². The van der Waals surface area contributed by atoms with Gasteiger partial charge >= 0.3 is 0 Å². The van der Waals surface area contributed by atoms with Crippen molar-refractivity contribution in [2.45, 2.75) is 13.5 Å². The number of phenolic OH excluding ortho intramolecular Hbond substituents is 1. The second-order valence-electron chi connectivity index (χ2n) is 2.44. The summed E-state index contributed by atoms with van der Waals surface area (Å²) < 4.78 is 5.15. The molecule has 1 rings (SSSR count). The molecule has 1 aromatic rings. The molecule has 0 heterocycles. The number of ether oxygens (including phenoxy) is 1. The normalized spacial score (nSPS) is 9.83. The van der Waals surface area contributed by atoms with E-state index < -0.39 is 0 Å². The Morgan fingerprint density at radius 2 is 2.25 bits per heavy atom. The van der Waals surface area contributed by atoms with E-state index in [1.165, 1.54) is 0 Å². The molecule has 0 radical (unpaired) electrons. The van der Waals surface area contributed by atoms with E-state index in [1.807, 2.05) is 13.0 Å². The lowest BCUT2D eigenvalue weighted by molar-refractivity contribution is 0.318. The molecule has 0 aliphatic heterocycles. The minimum Gasteiger partial charge on any atom is -0.504 e. The summed E-state index contributed by atoms with van der Waals surface area (Å²) in [7, 11) is 0. The van der Waals surface area contributed by atoms with Gasteiger partial charge < -0.3 is 15.6 Å². The number of nitrogens with two attached hydrogens (primary N) is 1. The van der Waals surface area contributed by atoms with Gasteiger partial charge in [-0.05, 0) is 24.6 Å². The molecule has 3 nitrogen and oxygen atoms in total. The number of hydrogen-bond donors (Lipinski definition) is 2. The zero-order valence-corrected chi connectivity index (χ0v) is 7.08. The SMILES string of the molecule is CCOc1ccc(CN)cc1O. The average molecular weight is 167 g/mol. The summed E-state index contributed by atoms with van der Waals surface area (Å²) in [4.78, 5) is 0. The molecule has 0 saturated carbocycles. The fraction of sp³-hybridized carbons (Fsp3) is 0.333. The fourth-order valence-corrected chi connectivity index (χ4v) is 0.967. The molecular weight excluding hydrogens is 154 g/mol. The van der Waals surface area contributed by atoms with Crippen molar-refractivity contribution < 1.29 is 9.84 Å². The van der Waals surface area contributed by atoms with Crippen LogP contribution in [-0.2, 0) is 6.54 Å². The minimum atomic E-state index is 0.153. The molecule has 66 valence electrons. The highest BCUT2D eigenvalue weighted by Crippen LogP contribution is 2.26. The maximum absolute atomic E-state index is 9.37. The standard InChI is InChI=1S/C9H13NO2/c1-2-12-9-4-3-7(6-10)5-8(9)11/h3-5,11H,2,6,10H2,1H3. The van der Waals surface area contributed by atoms with Gasteiger partial charge in [-0.15, -0.1) is 0 Å². The number of benzene rings is 1. The minimum absolute atomic E-state index is 0.153. The van der Waals surface area contributed by atoms with Gasteiger partial charge in [0, 0.05) is 6.54 Å². The molecular formula is C9H13NO2. The molecule has 0 bridgehead atoms. The summed E-state index contributed by atoms with van der Waals surface area (Å²) in [6.07, 6.45) is 0. The van der Waals surface area contributed by atoms with Crippen molar-refractivity contribution in [2.75, 3.05) is 6.61 Å². The van der Waals surface area contributed by atoms with Crippen molar-refractivity contribution in [3.8, 4) is 11.5 Å². The van der Waals surface area contributed by atoms with Gasteiger partial charge in [0.15, 0.2) is 11.5 Å². The van der Waals surface area contributed by atoms with Crippen molar-refractivity contribution in [2.24, 2.45) is 5.73 Å². The van der Waals surface area contributed by atoms with Gasteiger partial charge in [-0.1, -0.05) is 6.07 Å². The van der Waals surface area contributed by atoms with Crippen LogP contribution < -0.4 is 10.5 Å². The Kier molecular flexibility index (Phi) is 2.94. The molecule has 0 aliphatic rings. The third kappa shape index (κ3) is 1.89. The van der Waals surface area contributed by atoms with Crippen LogP contribution in [0.25, 0.3) is 0 Å². The molecule has 3 N–H and O–H groups in total. The summed E-state index contributed by atoms with van der Waals surface area (Å²) in [5.74, 6) is 0.662. The van der Waals surface area contributed by atoms with E-state index in [4.69, 9.17) is 10.5 Å². The zero-order valence-electron chi connectivity index (χ0n) is 7.08. The van der Waals surface area contributed by atoms with Gasteiger partial charge in [-0.3, -0.25) is 0 Å². The van der Waals surface area contributed by atoms with Crippen molar-refractivity contribution in [3.63, 3.8) is 0 Å². The van der Waals surface area contributed by atoms with Crippen LogP contribution in [0.5, 0.6) is 11.5 Å². The Balaban J connectivity index is 2.87. The highest BCUT2D eigenvalue weighted by molar-refractivity contribution is 5.41. The summed E-state index contributed by atoms with van der Waals surface area (Å²) in [5.41, 5.74) is 6.29. The lowest BCUT2D eigenvalue weighted by Crippen LogP contribution is -1.97. The molecule has 0 atom stereocenters. The van der Waals surface area contributed by atoms with Crippen LogP contribution in [0, 0.1) is 0 Å². The predicted molar refractivity (Wildman–Crippen MR) is 47.2 cm³/mol. The molecule has 0 aliphatic carbocycles. The van der Waals surface area contributed by atoms with Crippen molar-refractivity contribution in [3.05, 3.63) is 23.8 Å². The first-order valence-electron chi connectivity index (χ1n) is 3.92. The van der Waals surface area contributed by atoms with E-state index in [1.54, 1.807) is 12.1 Å². The van der Waals surface area contributed by atoms with E-state index in [2.05, 4.69) is 0 Å². The lowest BCUT2D eigenvalue weighted by Gasteiger charge is -2.06. The van der Waals surface area contributed by atoms with Gasteiger partial charge in [-0.2, -0.15) is 0 Å². The summed E-state index contributed by atoms with van der Waals surface area (Å²) in [5, 5.41) is 9.37. The molecule has 0 amide bonds. The molecule has 3 heteroatoms. The maximum atomic E-state index is 9.37. The van der Waals surface area contributed by atoms with Crippen LogP contribution in [0.2, 0.25) is 0 Å². The molecule has 0 saturated heterocycles. The van der Waals surface area contributed by atoms with Gasteiger partial charge in [0.1, 0.15) is 0 Å². The van der Waals surface area contributed by atoms with Crippen molar-refractivity contribution in [1.82, 2.24) is 0 Å². The third-order valence-electron chi connectivity index (χ3n) is 1.56. The molecule has 0 unspecified atom stereocenters. The van der Waals surface area contributed by atoms with Gasteiger partial charge in [-0.25, -0.2) is 0 Å². The fourth-order valence-electron chi connectivity index (χ4n) is 0.967. The highest BCUT2D eigenvalue weighted by Gasteiger charge is 2.01. The first kappa shape index (κ1) is 8.87. The highest BCUT2D eigenvalue weighted by atomic mass is 16.5. The number of hydrogen-bond acceptors (Lipinski definition) is 3. The van der Waals surface area contributed by atoms with Crippen molar-refractivity contribution in [1.29, 1.82) is 0 Å². The molecule has 1 aromatic carbocycles. The zero-order chi connectivity index (χ0) is 8.97. The second kappa shape index (κ2) is 3.97. The van der Waals surface area contributed by atoms with Crippen LogP contribution in [0.4, 0.5) is 0 Å². The molecule has 12 heavy (non-hydrogen) atoms. The van der Waals surface area contributed by atoms with E-state index in [0.29, 0.717) is 18.9 Å². The average Bonchev–Trinajstić information content (AvgIpc) is 2.09. The number of rotatable bonds is 3. The number of phenols is 1. The van der Waals surface area contributed by atoms with E-state index >= 15 is 0 Å². The quantitative estimate of drug-likeness (QED) is 0.712. The summed E-state index contributed by atoms with van der Waals surface area (Å²) in [6.45, 7) is 2.85. The second-order valence-corrected chi connectivity index (χ2v) is 2.44. The Morgan fingerprint density at radius 1 is 1.50 bits per heavy atom. The van der Waals surface area contributed by atoms with Crippen LogP contribution >= 0.6 is 0 Å². The van der Waals surface area contributed by atoms with E-state index in [-0.39, 0.29) is 5.75 Å². The molecule has 0 fully saturated rings. The van der Waals surface area contributed by atoms with E-state index in [9.17, 15) is 5.11 Å². The Bertz CT molecular complexity index is 261. The molecule has 0 spiro atoms. The lowest BCUT2D eigenvalue weighted by atomic mass is 10.2. The summed E-state index contributed by atoms with van der Waals surface area (Å²) in [6, 6.07) is 5.18. The Hall–Kier alpha value is -1.22. The number of aromatic hydroxyl groups is 1. The van der Waals surface area contributed by atoms with Crippen LogP contribution in [-0.4, -0.2) is 11.7 Å². The molecule has 0 aromatic heterocycles. The van der Waals surface area contributed by atoms with Gasteiger partial charge in [0.05, 0.1) is 6.61 Å². The monoisotopic (exact) mass is 167 g/mol. The van der Waals surface area contributed by atoms with Crippen LogP contribution in [0.15, 0.2) is 18.2 Å². The topological polar surface area (TPSA) is 55.5 Å². The summed E-state index contributed by atoms with van der Waals surface area (Å²) >= 11 is 0. The van der Waals surface area contributed by atoms with E-state index in [0.717, 1.165) is 5.56 Å².